The van der Waals surface area contributed by atoms with Crippen molar-refractivity contribution in [2.75, 3.05) is 13.2 Å². The van der Waals surface area contributed by atoms with Gasteiger partial charge in [-0.15, -0.1) is 0 Å². The highest BCUT2D eigenvalue weighted by Gasteiger charge is 2.48. The van der Waals surface area contributed by atoms with Gasteiger partial charge in [-0.05, 0) is 44.6 Å². The summed E-state index contributed by atoms with van der Waals surface area (Å²) in [5, 5.41) is 11.2. The van der Waals surface area contributed by atoms with Gasteiger partial charge in [-0.2, -0.15) is 0 Å². The number of rotatable bonds is 2. The van der Waals surface area contributed by atoms with Crippen molar-refractivity contribution in [3.8, 4) is 5.75 Å². The molecular formula is C17H23NO2. The second-order valence-electron chi connectivity index (χ2n) is 6.73. The highest BCUT2D eigenvalue weighted by atomic mass is 16.5. The van der Waals surface area contributed by atoms with Crippen molar-refractivity contribution in [3.63, 3.8) is 0 Å². The van der Waals surface area contributed by atoms with Gasteiger partial charge < -0.3 is 9.84 Å². The second-order valence-corrected chi connectivity index (χ2v) is 6.73. The van der Waals surface area contributed by atoms with Crippen molar-refractivity contribution < 1.29 is 9.84 Å². The van der Waals surface area contributed by atoms with Crippen LogP contribution in [0.25, 0.3) is 0 Å². The van der Waals surface area contributed by atoms with Crippen molar-refractivity contribution in [2.24, 2.45) is 0 Å². The Morgan fingerprint density at radius 2 is 2.20 bits per heavy atom. The largest absolute Gasteiger partial charge is 0.493 e. The number of β-amino-alcohol motifs (C(OH)–C–C–N with tert-alkyl or cyclic N) is 1. The van der Waals surface area contributed by atoms with Crippen molar-refractivity contribution in [1.29, 1.82) is 0 Å². The lowest BCUT2D eigenvalue weighted by Crippen LogP contribution is -2.34. The molecule has 20 heavy (non-hydrogen) atoms. The number of hydrogen-bond donors (Lipinski definition) is 1. The molecule has 4 rings (SSSR count). The van der Waals surface area contributed by atoms with Crippen LogP contribution in [-0.2, 0) is 12.0 Å². The van der Waals surface area contributed by atoms with E-state index in [-0.39, 0.29) is 0 Å². The molecule has 2 unspecified atom stereocenters. The van der Waals surface area contributed by atoms with Gasteiger partial charge in [0.25, 0.3) is 0 Å². The highest BCUT2D eigenvalue weighted by Crippen LogP contribution is 2.45. The SMILES string of the molecule is CC1CC(O)(c2cccc3c2OCCC3)CN1C1CC1. The molecule has 1 saturated heterocycles. The Labute approximate surface area is 120 Å². The van der Waals surface area contributed by atoms with Crippen molar-refractivity contribution in [3.05, 3.63) is 29.3 Å². The van der Waals surface area contributed by atoms with E-state index in [9.17, 15) is 5.11 Å². The molecule has 3 aliphatic rings. The Hall–Kier alpha value is -1.06. The lowest BCUT2D eigenvalue weighted by molar-refractivity contribution is 0.0414. The zero-order valence-electron chi connectivity index (χ0n) is 12.1. The van der Waals surface area contributed by atoms with Gasteiger partial charge in [0.15, 0.2) is 0 Å². The van der Waals surface area contributed by atoms with Crippen LogP contribution in [0.1, 0.15) is 43.7 Å². The predicted octanol–water partition coefficient (Wildman–Crippen LogP) is 2.46. The minimum Gasteiger partial charge on any atom is -0.493 e. The van der Waals surface area contributed by atoms with Gasteiger partial charge in [0, 0.05) is 24.2 Å². The van der Waals surface area contributed by atoms with Crippen molar-refractivity contribution in [2.45, 2.75) is 56.7 Å². The molecule has 3 nitrogen and oxygen atoms in total. The molecule has 1 saturated carbocycles. The first-order valence-corrected chi connectivity index (χ1v) is 7.91. The first-order valence-electron chi connectivity index (χ1n) is 7.91. The molecule has 0 radical (unpaired) electrons. The lowest BCUT2D eigenvalue weighted by atomic mass is 9.88. The van der Waals surface area contributed by atoms with E-state index >= 15 is 0 Å². The van der Waals surface area contributed by atoms with Gasteiger partial charge in [0.05, 0.1) is 6.61 Å². The van der Waals surface area contributed by atoms with Crippen LogP contribution in [0.3, 0.4) is 0 Å². The molecule has 2 aliphatic heterocycles. The van der Waals surface area contributed by atoms with Crippen LogP contribution >= 0.6 is 0 Å². The van der Waals surface area contributed by atoms with E-state index in [1.165, 1.54) is 18.4 Å². The summed E-state index contributed by atoms with van der Waals surface area (Å²) in [6, 6.07) is 7.45. The predicted molar refractivity (Wildman–Crippen MR) is 78.0 cm³/mol. The molecule has 1 aromatic rings. The third-order valence-electron chi connectivity index (χ3n) is 5.09. The average Bonchev–Trinajstić information content (AvgIpc) is 3.24. The van der Waals surface area contributed by atoms with Crippen LogP contribution in [0, 0.1) is 0 Å². The Morgan fingerprint density at radius 1 is 1.35 bits per heavy atom. The summed E-state index contributed by atoms with van der Waals surface area (Å²) < 4.78 is 5.90. The summed E-state index contributed by atoms with van der Waals surface area (Å²) in [7, 11) is 0. The summed E-state index contributed by atoms with van der Waals surface area (Å²) in [5.74, 6) is 0.964. The monoisotopic (exact) mass is 273 g/mol. The number of aliphatic hydroxyl groups is 1. The third-order valence-corrected chi connectivity index (χ3v) is 5.09. The number of fused-ring (bicyclic) bond motifs is 1. The average molecular weight is 273 g/mol. The Balaban J connectivity index is 1.70. The molecule has 0 spiro atoms. The number of para-hydroxylation sites is 1. The van der Waals surface area contributed by atoms with Gasteiger partial charge in [-0.25, -0.2) is 0 Å². The standard InChI is InChI=1S/C17H23NO2/c1-12-10-17(19,11-18(12)14-7-8-14)15-6-2-4-13-5-3-9-20-16(13)15/h2,4,6,12,14,19H,3,5,7-11H2,1H3. The van der Waals surface area contributed by atoms with Crippen LogP contribution in [0.4, 0.5) is 0 Å². The number of nitrogens with zero attached hydrogens (tertiary/aromatic N) is 1. The number of hydrogen-bond acceptors (Lipinski definition) is 3. The van der Waals surface area contributed by atoms with Crippen LogP contribution in [0.5, 0.6) is 5.75 Å². The molecule has 1 N–H and O–H groups in total. The summed E-state index contributed by atoms with van der Waals surface area (Å²) in [6.45, 7) is 3.78. The lowest BCUT2D eigenvalue weighted by Gasteiger charge is -2.29. The van der Waals surface area contributed by atoms with Gasteiger partial charge in [-0.3, -0.25) is 4.90 Å². The van der Waals surface area contributed by atoms with E-state index in [1.54, 1.807) is 0 Å². The van der Waals surface area contributed by atoms with E-state index in [1.807, 2.05) is 0 Å². The summed E-state index contributed by atoms with van der Waals surface area (Å²) in [5.41, 5.74) is 1.55. The van der Waals surface area contributed by atoms with Crippen LogP contribution in [-0.4, -0.2) is 35.2 Å². The normalized spacial score (nSPS) is 33.8. The fraction of sp³-hybridized carbons (Fsp3) is 0.647. The third kappa shape index (κ3) is 1.95. The maximum absolute atomic E-state index is 11.2. The number of benzene rings is 1. The van der Waals surface area contributed by atoms with E-state index in [2.05, 4.69) is 30.0 Å². The van der Waals surface area contributed by atoms with E-state index in [4.69, 9.17) is 4.74 Å². The molecule has 2 atom stereocenters. The smallest absolute Gasteiger partial charge is 0.128 e. The summed E-state index contributed by atoms with van der Waals surface area (Å²) in [4.78, 5) is 2.49. The maximum Gasteiger partial charge on any atom is 0.128 e. The van der Waals surface area contributed by atoms with Crippen LogP contribution in [0.15, 0.2) is 18.2 Å². The molecule has 1 aromatic carbocycles. The summed E-state index contributed by atoms with van der Waals surface area (Å²) >= 11 is 0. The second kappa shape index (κ2) is 4.47. The van der Waals surface area contributed by atoms with Gasteiger partial charge in [0.2, 0.25) is 0 Å². The minimum absolute atomic E-state index is 0.465. The maximum atomic E-state index is 11.2. The van der Waals surface area contributed by atoms with Gasteiger partial charge in [0.1, 0.15) is 11.4 Å². The first-order chi connectivity index (χ1) is 9.67. The Kier molecular flexibility index (Phi) is 2.83. The van der Waals surface area contributed by atoms with E-state index in [0.29, 0.717) is 12.1 Å². The fourth-order valence-electron chi connectivity index (χ4n) is 3.97. The molecule has 108 valence electrons. The van der Waals surface area contributed by atoms with Crippen molar-refractivity contribution >= 4 is 0 Å². The molecule has 2 fully saturated rings. The number of aryl methyl sites for hydroxylation is 1. The van der Waals surface area contributed by atoms with Crippen molar-refractivity contribution in [1.82, 2.24) is 4.90 Å². The molecule has 0 bridgehead atoms. The zero-order chi connectivity index (χ0) is 13.7. The molecule has 1 aliphatic carbocycles. The number of likely N-dealkylation sites (tertiary alicyclic amines) is 1. The highest BCUT2D eigenvalue weighted by molar-refractivity contribution is 5.46. The topological polar surface area (TPSA) is 32.7 Å². The van der Waals surface area contributed by atoms with Gasteiger partial charge in [-0.1, -0.05) is 18.2 Å². The molecule has 0 aromatic heterocycles. The molecule has 2 heterocycles. The molecular weight excluding hydrogens is 250 g/mol. The Morgan fingerprint density at radius 3 is 3.00 bits per heavy atom. The summed E-state index contributed by atoms with van der Waals surface area (Å²) in [6.07, 6.45) is 5.57. The van der Waals surface area contributed by atoms with Crippen LogP contribution in [0.2, 0.25) is 0 Å². The van der Waals surface area contributed by atoms with Gasteiger partial charge >= 0.3 is 0 Å². The zero-order valence-corrected chi connectivity index (χ0v) is 12.1. The fourth-order valence-corrected chi connectivity index (χ4v) is 3.97. The minimum atomic E-state index is -0.731. The van der Waals surface area contributed by atoms with E-state index in [0.717, 1.165) is 43.7 Å². The number of ether oxygens (including phenoxy) is 1. The van der Waals surface area contributed by atoms with E-state index < -0.39 is 5.60 Å². The molecule has 3 heteroatoms. The molecule has 0 amide bonds. The quantitative estimate of drug-likeness (QED) is 0.898. The first kappa shape index (κ1) is 12.7. The Bertz CT molecular complexity index is 526. The van der Waals surface area contributed by atoms with Crippen LogP contribution < -0.4 is 4.74 Å².